The first kappa shape index (κ1) is 81.3. The molecule has 0 saturated carbocycles. The number of rotatable bonds is 16. The topological polar surface area (TPSA) is 159 Å². The molecule has 6 bridgehead atoms. The quantitative estimate of drug-likeness (QED) is 0.0621. The summed E-state index contributed by atoms with van der Waals surface area (Å²) in [6.45, 7) is 10.1. The second-order valence-corrected chi connectivity index (χ2v) is 25.7. The van der Waals surface area contributed by atoms with Gasteiger partial charge in [-0.1, -0.05) is 135 Å². The van der Waals surface area contributed by atoms with E-state index in [-0.39, 0.29) is 127 Å². The van der Waals surface area contributed by atoms with Crippen LogP contribution < -0.4 is 44.8 Å². The fourth-order valence-corrected chi connectivity index (χ4v) is 15.2. The zero-order valence-electron chi connectivity index (χ0n) is 56.2. The zero-order valence-corrected chi connectivity index (χ0v) is 60.4. The molecule has 9 atom stereocenters. The molecule has 15 rings (SSSR count). The third kappa shape index (κ3) is 21.6. The van der Waals surface area contributed by atoms with E-state index >= 15 is 0 Å². The van der Waals surface area contributed by atoms with Gasteiger partial charge in [0.15, 0.2) is 34.5 Å². The van der Waals surface area contributed by atoms with Crippen LogP contribution in [0, 0.1) is 40.0 Å². The number of carbonyl (C=O) groups excluding carboxylic acids is 2. The summed E-state index contributed by atoms with van der Waals surface area (Å²) < 4.78 is 39.7. The van der Waals surface area contributed by atoms with E-state index in [2.05, 4.69) is 116 Å². The number of amides is 1. The summed E-state index contributed by atoms with van der Waals surface area (Å²) >= 11 is 0. The monoisotopic (exact) mass is 1420 g/mol. The number of piperidine rings is 3. The maximum atomic E-state index is 12.8. The molecule has 1 amide bonds. The molecule has 15 nitrogen and oxygen atoms in total. The minimum absolute atomic E-state index is 0. The number of fused-ring (bicyclic) bond motifs is 9. The Labute approximate surface area is 610 Å². The van der Waals surface area contributed by atoms with Gasteiger partial charge in [-0.25, -0.2) is 0 Å². The first-order valence-corrected chi connectivity index (χ1v) is 33.2. The Kier molecular flexibility index (Phi) is 34.4. The molecule has 3 radical (unpaired) electrons. The molecular weight excluding hydrogens is 1320 g/mol. The molecule has 6 aromatic rings. The number of nitrogens with one attached hydrogen (secondary N) is 2. The summed E-state index contributed by atoms with van der Waals surface area (Å²) in [6, 6.07) is 59.2. The Bertz CT molecular complexity index is 3160. The van der Waals surface area contributed by atoms with Crippen molar-refractivity contribution in [3.05, 3.63) is 203 Å². The number of nitrogens with two attached hydrogens (primary N) is 1. The van der Waals surface area contributed by atoms with Crippen LogP contribution >= 0.6 is 0 Å². The van der Waals surface area contributed by atoms with Gasteiger partial charge in [-0.3, -0.25) is 24.3 Å². The predicted octanol–water partition coefficient (Wildman–Crippen LogP) is 13.0. The number of ether oxygens (including phenoxy) is 7. The molecule has 9 aliphatic rings. The Hall–Kier alpha value is -5.39. The third-order valence-corrected chi connectivity index (χ3v) is 19.6. The van der Waals surface area contributed by atoms with E-state index in [0.717, 1.165) is 111 Å². The molecule has 0 spiro atoms. The van der Waals surface area contributed by atoms with Crippen molar-refractivity contribution in [2.75, 3.05) is 52.6 Å². The molecule has 4 N–H and O–H groups in total. The molecule has 519 valence electrons. The number of esters is 1. The number of para-hydroxylation sites is 6. The molecule has 9 aliphatic heterocycles. The molecule has 18 heteroatoms. The Balaban J connectivity index is 0.000000235. The number of nitrogens with zero attached hydrogens (tertiary/aromatic N) is 3. The summed E-state index contributed by atoms with van der Waals surface area (Å²) in [4.78, 5) is 32.8. The predicted molar refractivity (Wildman–Crippen MR) is 371 cm³/mol. The van der Waals surface area contributed by atoms with Crippen LogP contribution in [0.25, 0.3) is 0 Å². The van der Waals surface area contributed by atoms with Crippen LogP contribution in [0.5, 0.6) is 34.5 Å². The molecule has 6 fully saturated rings. The van der Waals surface area contributed by atoms with Gasteiger partial charge in [0.05, 0.1) is 19.1 Å². The summed E-state index contributed by atoms with van der Waals surface area (Å²) in [6.07, 6.45) is 14.1. The Morgan fingerprint density at radius 2 is 0.760 bits per heavy atom. The molecule has 0 aliphatic carbocycles. The van der Waals surface area contributed by atoms with Gasteiger partial charge in [0.1, 0.15) is 38.1 Å². The number of hydrogen-bond acceptors (Lipinski definition) is 14. The van der Waals surface area contributed by atoms with E-state index in [1.807, 2.05) is 79.7 Å². The van der Waals surface area contributed by atoms with E-state index in [1.165, 1.54) is 68.1 Å². The van der Waals surface area contributed by atoms with Crippen LogP contribution in [-0.4, -0.2) is 134 Å². The van der Waals surface area contributed by atoms with E-state index < -0.39 is 0 Å². The van der Waals surface area contributed by atoms with Crippen molar-refractivity contribution in [2.45, 2.75) is 166 Å². The first-order valence-electron chi connectivity index (χ1n) is 33.2. The van der Waals surface area contributed by atoms with E-state index in [4.69, 9.17) is 38.9 Å². The normalized spacial score (nSPS) is 25.6. The number of carbonyl (C=O) groups is 2. The van der Waals surface area contributed by atoms with Gasteiger partial charge >= 0.3 is 5.97 Å². The molecule has 9 unspecified atom stereocenters. The fraction of sp³-hybridized carbons (Fsp3) is 0.474. The standard InChI is InChI=1S/C24H28N2O3.C24H30N2O2.C17H23NO2.C9H11NO2.CH4.3CH3.3V/c27-24(25-14-21-16-28-22-8-4-5-9-23(22)29-21)18-12-19-10-11-20(13-18)26(19)15-17-6-2-1-3-7-17;1-2-6-18(7-3-1)16-26-20-10-11-21(26)13-19(12-20)14-25-15-22-17-27-23-8-4-5-9-24(23)28-22;1-2-20-17(19)14-10-15-8-9-16(11-14)18(15)12-13-6-4-3-5-7-13;10-5-7-6-11-8-3-1-2-4-9(8)12-7;;;;;;;/h1-9,18-21H,10-16H2,(H,25,27);1-9,19-22,25H,10-17H2;3-7,14-16H,2,8-12H2,1H3;1-4,7H,5-6,10H2;1H4;3*1H3;;;/q;;;;;3*-1;;;. The van der Waals surface area contributed by atoms with Gasteiger partial charge in [0.2, 0.25) is 5.91 Å². The largest absolute Gasteiger partial charge is 0.486 e. The van der Waals surface area contributed by atoms with E-state index in [9.17, 15) is 9.59 Å². The van der Waals surface area contributed by atoms with E-state index in [1.54, 1.807) is 0 Å². The van der Waals surface area contributed by atoms with Crippen LogP contribution in [0.15, 0.2) is 164 Å². The number of hydrogen-bond donors (Lipinski definition) is 3. The van der Waals surface area contributed by atoms with Crippen molar-refractivity contribution in [2.24, 2.45) is 23.5 Å². The second-order valence-electron chi connectivity index (χ2n) is 25.7. The van der Waals surface area contributed by atoms with Gasteiger partial charge < -0.3 is 71.8 Å². The van der Waals surface area contributed by atoms with Crippen molar-refractivity contribution in [1.82, 2.24) is 25.3 Å². The molecular formula is C78H105N6O9V3-3. The molecule has 6 aromatic carbocycles. The van der Waals surface area contributed by atoms with Gasteiger partial charge in [0, 0.05) is 131 Å². The Morgan fingerprint density at radius 3 is 1.14 bits per heavy atom. The fourth-order valence-electron chi connectivity index (χ4n) is 15.2. The average molecular weight is 1420 g/mol. The van der Waals surface area contributed by atoms with Gasteiger partial charge in [-0.05, 0) is 150 Å². The maximum Gasteiger partial charge on any atom is 0.309 e. The van der Waals surface area contributed by atoms with Gasteiger partial charge in [-0.2, -0.15) is 0 Å². The molecule has 6 saturated heterocycles. The third-order valence-electron chi connectivity index (χ3n) is 19.6. The second kappa shape index (κ2) is 40.6. The summed E-state index contributed by atoms with van der Waals surface area (Å²) in [5, 5.41) is 6.79. The zero-order chi connectivity index (χ0) is 60.7. The first-order chi connectivity index (χ1) is 43.8. The Morgan fingerprint density at radius 1 is 0.438 bits per heavy atom. The van der Waals surface area contributed by atoms with Crippen molar-refractivity contribution in [3.8, 4) is 34.5 Å². The van der Waals surface area contributed by atoms with Gasteiger partial charge in [0.25, 0.3) is 0 Å². The van der Waals surface area contributed by atoms with Crippen molar-refractivity contribution in [3.63, 3.8) is 0 Å². The van der Waals surface area contributed by atoms with Crippen LogP contribution in [0.1, 0.15) is 108 Å². The van der Waals surface area contributed by atoms with E-state index in [0.29, 0.717) is 63.7 Å². The molecule has 96 heavy (non-hydrogen) atoms. The average Bonchev–Trinajstić information content (AvgIpc) is 2.54. The van der Waals surface area contributed by atoms with Crippen LogP contribution in [0.2, 0.25) is 0 Å². The maximum absolute atomic E-state index is 12.8. The van der Waals surface area contributed by atoms with Gasteiger partial charge in [-0.15, -0.1) is 0 Å². The summed E-state index contributed by atoms with van der Waals surface area (Å²) in [5.41, 5.74) is 9.64. The SMILES string of the molecule is C.CCOC(=O)C1CC2CCC(C1)N2Cc1ccccc1.NCC1COc2ccccc2O1.O=C(NCC1COc2ccccc2O1)C1CC2CCC(C1)N2Cc1ccccc1.[CH3-].[CH3-].[CH3-].[V].[V].[V].c1ccc(CN2C3CCC2CC(CNCC2COc4ccccc4O2)C3)cc1. The van der Waals surface area contributed by atoms with Crippen molar-refractivity contribution >= 4 is 11.9 Å². The van der Waals surface area contributed by atoms with Crippen LogP contribution in [-0.2, 0) is 89.6 Å². The van der Waals surface area contributed by atoms with Crippen molar-refractivity contribution in [1.29, 1.82) is 0 Å². The summed E-state index contributed by atoms with van der Waals surface area (Å²) in [7, 11) is 0. The van der Waals surface area contributed by atoms with Crippen LogP contribution in [0.3, 0.4) is 0 Å². The molecule has 9 heterocycles. The minimum atomic E-state index is -0.135. The van der Waals surface area contributed by atoms with Crippen LogP contribution in [0.4, 0.5) is 0 Å². The molecule has 0 aromatic heterocycles. The number of benzene rings is 6. The minimum Gasteiger partial charge on any atom is -0.486 e. The summed E-state index contributed by atoms with van der Waals surface area (Å²) in [5.74, 6) is 6.06. The van der Waals surface area contributed by atoms with Crippen molar-refractivity contribution < 1.29 is 98.4 Å². The smallest absolute Gasteiger partial charge is 0.309 e.